The van der Waals surface area contributed by atoms with Gasteiger partial charge in [-0.15, -0.1) is 0 Å². The number of benzene rings is 2. The maximum atomic E-state index is 13.0. The molecule has 8 nitrogen and oxygen atoms in total. The Labute approximate surface area is 186 Å². The molecule has 32 heavy (non-hydrogen) atoms. The quantitative estimate of drug-likeness (QED) is 0.452. The van der Waals surface area contributed by atoms with Crippen molar-refractivity contribution in [2.24, 2.45) is 0 Å². The molecule has 2 N–H and O–H groups in total. The average Bonchev–Trinajstić information content (AvgIpc) is 3.22. The second-order valence-corrected chi connectivity index (χ2v) is 7.39. The number of anilines is 1. The van der Waals surface area contributed by atoms with Crippen molar-refractivity contribution in [3.8, 4) is 11.3 Å². The molecule has 0 aliphatic carbocycles. The Morgan fingerprint density at radius 3 is 2.59 bits per heavy atom. The summed E-state index contributed by atoms with van der Waals surface area (Å²) in [6.45, 7) is 1.78. The van der Waals surface area contributed by atoms with Gasteiger partial charge >= 0.3 is 12.0 Å². The molecule has 2 aromatic carbocycles. The summed E-state index contributed by atoms with van der Waals surface area (Å²) in [5.74, 6) is -2.24. The molecule has 1 aromatic heterocycles. The molecule has 1 aliphatic rings. The topological polar surface area (TPSA) is 117 Å². The zero-order valence-electron chi connectivity index (χ0n) is 16.6. The SMILES string of the molecule is Cc1ccc(N2C(=O)NC(=O)C(=Cc3ccc(-c4cccc(C(=O)O)c4)o3)C2=O)cc1Cl. The van der Waals surface area contributed by atoms with Crippen molar-refractivity contribution in [3.05, 3.63) is 82.1 Å². The number of imide groups is 2. The molecule has 0 saturated carbocycles. The first-order chi connectivity index (χ1) is 15.2. The summed E-state index contributed by atoms with van der Waals surface area (Å²) in [5.41, 5.74) is 1.28. The monoisotopic (exact) mass is 450 g/mol. The minimum Gasteiger partial charge on any atom is -0.478 e. The lowest BCUT2D eigenvalue weighted by Gasteiger charge is -2.26. The van der Waals surface area contributed by atoms with Gasteiger partial charge in [-0.1, -0.05) is 29.8 Å². The molecule has 3 aromatic rings. The van der Waals surface area contributed by atoms with E-state index in [0.717, 1.165) is 10.5 Å². The molecule has 0 bridgehead atoms. The third-order valence-electron chi connectivity index (χ3n) is 4.82. The van der Waals surface area contributed by atoms with Gasteiger partial charge in [0, 0.05) is 10.6 Å². The number of carbonyl (C=O) groups is 4. The molecular weight excluding hydrogens is 436 g/mol. The van der Waals surface area contributed by atoms with E-state index in [2.05, 4.69) is 5.32 Å². The van der Waals surface area contributed by atoms with E-state index in [4.69, 9.17) is 21.1 Å². The number of halogens is 1. The van der Waals surface area contributed by atoms with Crippen LogP contribution in [0.25, 0.3) is 17.4 Å². The highest BCUT2D eigenvalue weighted by Crippen LogP contribution is 2.28. The highest BCUT2D eigenvalue weighted by molar-refractivity contribution is 6.39. The molecule has 2 heterocycles. The van der Waals surface area contributed by atoms with Crippen molar-refractivity contribution in [3.63, 3.8) is 0 Å². The fourth-order valence-electron chi connectivity index (χ4n) is 3.15. The predicted molar refractivity (Wildman–Crippen MR) is 116 cm³/mol. The van der Waals surface area contributed by atoms with Gasteiger partial charge in [-0.2, -0.15) is 0 Å². The van der Waals surface area contributed by atoms with Gasteiger partial charge in [-0.25, -0.2) is 14.5 Å². The highest BCUT2D eigenvalue weighted by atomic mass is 35.5. The average molecular weight is 451 g/mol. The predicted octanol–water partition coefficient (Wildman–Crippen LogP) is 4.27. The van der Waals surface area contributed by atoms with Gasteiger partial charge in [0.2, 0.25) is 0 Å². The number of hydrogen-bond donors (Lipinski definition) is 2. The lowest BCUT2D eigenvalue weighted by atomic mass is 10.1. The van der Waals surface area contributed by atoms with E-state index in [-0.39, 0.29) is 22.6 Å². The molecule has 0 unspecified atom stereocenters. The van der Waals surface area contributed by atoms with Gasteiger partial charge in [-0.3, -0.25) is 14.9 Å². The molecular formula is C23H15ClN2O6. The van der Waals surface area contributed by atoms with Gasteiger partial charge < -0.3 is 9.52 Å². The van der Waals surface area contributed by atoms with Crippen molar-refractivity contribution in [2.45, 2.75) is 6.92 Å². The molecule has 0 spiro atoms. The van der Waals surface area contributed by atoms with Crippen LogP contribution >= 0.6 is 11.6 Å². The first-order valence-corrected chi connectivity index (χ1v) is 9.73. The van der Waals surface area contributed by atoms with Crippen molar-refractivity contribution < 1.29 is 28.7 Å². The van der Waals surface area contributed by atoms with Gasteiger partial charge in [0.05, 0.1) is 11.3 Å². The summed E-state index contributed by atoms with van der Waals surface area (Å²) in [4.78, 5) is 49.6. The van der Waals surface area contributed by atoms with Crippen LogP contribution in [0.15, 0.2) is 64.6 Å². The number of nitrogens with one attached hydrogen (secondary N) is 1. The molecule has 4 amide bonds. The number of amides is 4. The van der Waals surface area contributed by atoms with E-state index >= 15 is 0 Å². The number of carboxylic acid groups (broad SMARTS) is 1. The van der Waals surface area contributed by atoms with Crippen LogP contribution in [0.2, 0.25) is 5.02 Å². The van der Waals surface area contributed by atoms with Crippen LogP contribution in [-0.2, 0) is 9.59 Å². The third-order valence-corrected chi connectivity index (χ3v) is 5.23. The van der Waals surface area contributed by atoms with Crippen LogP contribution in [0, 0.1) is 6.92 Å². The minimum absolute atomic E-state index is 0.0894. The number of rotatable bonds is 4. The van der Waals surface area contributed by atoms with Crippen LogP contribution in [0.5, 0.6) is 0 Å². The summed E-state index contributed by atoms with van der Waals surface area (Å²) >= 11 is 6.11. The van der Waals surface area contributed by atoms with E-state index in [0.29, 0.717) is 16.3 Å². The van der Waals surface area contributed by atoms with E-state index in [1.807, 2.05) is 0 Å². The van der Waals surface area contributed by atoms with Crippen molar-refractivity contribution >= 4 is 47.2 Å². The summed E-state index contributed by atoms with van der Waals surface area (Å²) in [6, 6.07) is 13.0. The fourth-order valence-corrected chi connectivity index (χ4v) is 3.32. The summed E-state index contributed by atoms with van der Waals surface area (Å²) < 4.78 is 5.68. The molecule has 1 aliphatic heterocycles. The van der Waals surface area contributed by atoms with Gasteiger partial charge in [0.25, 0.3) is 11.8 Å². The maximum Gasteiger partial charge on any atom is 0.335 e. The number of aryl methyl sites for hydroxylation is 1. The van der Waals surface area contributed by atoms with Crippen LogP contribution in [0.1, 0.15) is 21.7 Å². The number of hydrogen-bond acceptors (Lipinski definition) is 5. The number of carboxylic acids is 1. The largest absolute Gasteiger partial charge is 0.478 e. The Balaban J connectivity index is 1.67. The van der Waals surface area contributed by atoms with Crippen molar-refractivity contribution in [1.82, 2.24) is 5.32 Å². The van der Waals surface area contributed by atoms with Gasteiger partial charge in [0.15, 0.2) is 0 Å². The number of aromatic carboxylic acids is 1. The molecule has 0 atom stereocenters. The Hall–Kier alpha value is -4.17. The lowest BCUT2D eigenvalue weighted by molar-refractivity contribution is -0.122. The maximum absolute atomic E-state index is 13.0. The molecule has 0 radical (unpaired) electrons. The number of barbiturate groups is 1. The Morgan fingerprint density at radius 2 is 1.88 bits per heavy atom. The highest BCUT2D eigenvalue weighted by Gasteiger charge is 2.37. The van der Waals surface area contributed by atoms with Crippen molar-refractivity contribution in [1.29, 1.82) is 0 Å². The summed E-state index contributed by atoms with van der Waals surface area (Å²) in [7, 11) is 0. The Bertz CT molecular complexity index is 1320. The zero-order valence-corrected chi connectivity index (χ0v) is 17.3. The number of nitrogens with zero attached hydrogens (tertiary/aromatic N) is 1. The second kappa shape index (κ2) is 8.16. The zero-order chi connectivity index (χ0) is 23.0. The van der Waals surface area contributed by atoms with Crippen molar-refractivity contribution in [2.75, 3.05) is 4.90 Å². The first kappa shape index (κ1) is 21.1. The summed E-state index contributed by atoms with van der Waals surface area (Å²) in [6.07, 6.45) is 1.22. The molecule has 1 fully saturated rings. The standard InChI is InChI=1S/C23H15ClN2O6/c1-12-5-6-15(10-18(12)24)26-21(28)17(20(27)25-23(26)31)11-16-7-8-19(32-16)13-3-2-4-14(9-13)22(29)30/h2-11H,1H3,(H,29,30)(H,25,27,31). The molecule has 1 saturated heterocycles. The number of carbonyl (C=O) groups excluding carboxylic acids is 3. The van der Waals surface area contributed by atoms with E-state index in [1.165, 1.54) is 30.3 Å². The third kappa shape index (κ3) is 3.91. The molecule has 9 heteroatoms. The molecule has 4 rings (SSSR count). The van der Waals surface area contributed by atoms with Gasteiger partial charge in [0.1, 0.15) is 17.1 Å². The summed E-state index contributed by atoms with van der Waals surface area (Å²) in [5, 5.41) is 11.6. The smallest absolute Gasteiger partial charge is 0.335 e. The van der Waals surface area contributed by atoms with E-state index in [1.54, 1.807) is 37.3 Å². The second-order valence-electron chi connectivity index (χ2n) is 6.98. The molecule has 160 valence electrons. The van der Waals surface area contributed by atoms with E-state index in [9.17, 15) is 19.2 Å². The van der Waals surface area contributed by atoms with Gasteiger partial charge in [-0.05, 0) is 55.0 Å². The van der Waals surface area contributed by atoms with Crippen LogP contribution in [0.4, 0.5) is 10.5 Å². The van der Waals surface area contributed by atoms with Crippen LogP contribution < -0.4 is 10.2 Å². The van der Waals surface area contributed by atoms with E-state index < -0.39 is 23.8 Å². The Morgan fingerprint density at radius 1 is 1.09 bits per heavy atom. The minimum atomic E-state index is -1.08. The number of urea groups is 1. The van der Waals surface area contributed by atoms with Crippen LogP contribution in [0.3, 0.4) is 0 Å². The lowest BCUT2D eigenvalue weighted by Crippen LogP contribution is -2.54. The number of furan rings is 1. The fraction of sp³-hybridized carbons (Fsp3) is 0.0435. The normalized spacial score (nSPS) is 15.2. The van der Waals surface area contributed by atoms with Crippen LogP contribution in [-0.4, -0.2) is 28.9 Å². The Kier molecular flexibility index (Phi) is 5.38. The first-order valence-electron chi connectivity index (χ1n) is 9.36.